The maximum atomic E-state index is 12.2. The molecule has 1 aromatic carbocycles. The van der Waals surface area contributed by atoms with Gasteiger partial charge in [0.25, 0.3) is 0 Å². The van der Waals surface area contributed by atoms with Crippen molar-refractivity contribution in [3.63, 3.8) is 0 Å². The fourth-order valence-corrected chi connectivity index (χ4v) is 2.76. The summed E-state index contributed by atoms with van der Waals surface area (Å²) in [6.45, 7) is 2.01. The van der Waals surface area contributed by atoms with Crippen LogP contribution in [0, 0.1) is 0 Å². The molecule has 0 aromatic heterocycles. The van der Waals surface area contributed by atoms with E-state index in [1.54, 1.807) is 0 Å². The molecule has 1 aliphatic rings. The fourth-order valence-electron chi connectivity index (χ4n) is 2.76. The molecule has 0 aliphatic carbocycles. The molecule has 1 heterocycles. The van der Waals surface area contributed by atoms with Crippen molar-refractivity contribution in [1.82, 2.24) is 10.2 Å². The molecule has 2 rings (SSSR count). The fraction of sp³-hybridized carbons (Fsp3) is 0.556. The Morgan fingerprint density at radius 1 is 1.21 bits per heavy atom. The SMILES string of the molecule is COCC(=O)NC1CCN(C(=O)CCCOc2ccccc2)CC1. The molecule has 1 aliphatic heterocycles. The van der Waals surface area contributed by atoms with Gasteiger partial charge >= 0.3 is 0 Å². The van der Waals surface area contributed by atoms with Crippen LogP contribution in [0.2, 0.25) is 0 Å². The van der Waals surface area contributed by atoms with Gasteiger partial charge in [-0.15, -0.1) is 0 Å². The molecular formula is C18H26N2O4. The summed E-state index contributed by atoms with van der Waals surface area (Å²) >= 11 is 0. The third-order valence-corrected chi connectivity index (χ3v) is 4.04. The van der Waals surface area contributed by atoms with Crippen molar-refractivity contribution in [1.29, 1.82) is 0 Å². The Morgan fingerprint density at radius 3 is 2.58 bits per heavy atom. The van der Waals surface area contributed by atoms with E-state index in [0.717, 1.165) is 18.6 Å². The largest absolute Gasteiger partial charge is 0.494 e. The number of methoxy groups -OCH3 is 1. The van der Waals surface area contributed by atoms with E-state index in [1.807, 2.05) is 35.2 Å². The summed E-state index contributed by atoms with van der Waals surface area (Å²) < 4.78 is 10.4. The zero-order valence-corrected chi connectivity index (χ0v) is 14.2. The molecule has 0 radical (unpaired) electrons. The van der Waals surface area contributed by atoms with Gasteiger partial charge in [-0.25, -0.2) is 0 Å². The lowest BCUT2D eigenvalue weighted by molar-refractivity contribution is -0.132. The molecule has 6 heteroatoms. The topological polar surface area (TPSA) is 67.9 Å². The van der Waals surface area contributed by atoms with Gasteiger partial charge < -0.3 is 19.7 Å². The summed E-state index contributed by atoms with van der Waals surface area (Å²) in [5.74, 6) is 0.895. The summed E-state index contributed by atoms with van der Waals surface area (Å²) in [6, 6.07) is 9.75. The molecule has 0 unspecified atom stereocenters. The number of carbonyl (C=O) groups excluding carboxylic acids is 2. The summed E-state index contributed by atoms with van der Waals surface area (Å²) in [5, 5.41) is 2.93. The van der Waals surface area contributed by atoms with Crippen LogP contribution in [0.25, 0.3) is 0 Å². The van der Waals surface area contributed by atoms with Gasteiger partial charge in [-0.2, -0.15) is 0 Å². The van der Waals surface area contributed by atoms with E-state index in [1.165, 1.54) is 7.11 Å². The Balaban J connectivity index is 1.59. The molecule has 132 valence electrons. The molecule has 0 spiro atoms. The van der Waals surface area contributed by atoms with Gasteiger partial charge in [0.05, 0.1) is 6.61 Å². The summed E-state index contributed by atoms with van der Waals surface area (Å²) in [6.07, 6.45) is 2.79. The highest BCUT2D eigenvalue weighted by Gasteiger charge is 2.23. The van der Waals surface area contributed by atoms with Crippen LogP contribution in [0.5, 0.6) is 5.75 Å². The van der Waals surface area contributed by atoms with Crippen LogP contribution in [0.3, 0.4) is 0 Å². The van der Waals surface area contributed by atoms with E-state index in [9.17, 15) is 9.59 Å². The number of para-hydroxylation sites is 1. The lowest BCUT2D eigenvalue weighted by atomic mass is 10.0. The van der Waals surface area contributed by atoms with Crippen molar-refractivity contribution < 1.29 is 19.1 Å². The maximum Gasteiger partial charge on any atom is 0.246 e. The average molecular weight is 334 g/mol. The molecule has 24 heavy (non-hydrogen) atoms. The molecule has 0 saturated carbocycles. The minimum Gasteiger partial charge on any atom is -0.494 e. The van der Waals surface area contributed by atoms with Gasteiger partial charge in [-0.1, -0.05) is 18.2 Å². The van der Waals surface area contributed by atoms with Gasteiger partial charge in [0.2, 0.25) is 11.8 Å². The van der Waals surface area contributed by atoms with Crippen molar-refractivity contribution >= 4 is 11.8 Å². The highest BCUT2D eigenvalue weighted by molar-refractivity contribution is 5.78. The zero-order valence-electron chi connectivity index (χ0n) is 14.2. The molecule has 2 amide bonds. The van der Waals surface area contributed by atoms with Gasteiger partial charge in [0.15, 0.2) is 0 Å². The highest BCUT2D eigenvalue weighted by atomic mass is 16.5. The number of nitrogens with zero attached hydrogens (tertiary/aromatic N) is 1. The number of likely N-dealkylation sites (tertiary alicyclic amines) is 1. The predicted molar refractivity (Wildman–Crippen MR) is 90.8 cm³/mol. The second kappa shape index (κ2) is 9.93. The molecule has 1 saturated heterocycles. The molecule has 1 N–H and O–H groups in total. The predicted octanol–water partition coefficient (Wildman–Crippen LogP) is 1.60. The first-order valence-corrected chi connectivity index (χ1v) is 8.43. The minimum atomic E-state index is -0.0969. The van der Waals surface area contributed by atoms with Crippen molar-refractivity contribution in [2.45, 2.75) is 31.7 Å². The van der Waals surface area contributed by atoms with Gasteiger partial charge in [-0.05, 0) is 31.4 Å². The third kappa shape index (κ3) is 6.20. The molecule has 1 aromatic rings. The van der Waals surface area contributed by atoms with Crippen LogP contribution in [0.15, 0.2) is 30.3 Å². The minimum absolute atomic E-state index is 0.0839. The lowest BCUT2D eigenvalue weighted by Crippen LogP contribution is -2.47. The van der Waals surface area contributed by atoms with E-state index in [0.29, 0.717) is 32.5 Å². The number of hydrogen-bond donors (Lipinski definition) is 1. The van der Waals surface area contributed by atoms with E-state index < -0.39 is 0 Å². The molecule has 0 bridgehead atoms. The van der Waals surface area contributed by atoms with E-state index in [-0.39, 0.29) is 24.5 Å². The van der Waals surface area contributed by atoms with E-state index >= 15 is 0 Å². The number of amides is 2. The maximum absolute atomic E-state index is 12.2. The Hall–Kier alpha value is -2.08. The van der Waals surface area contributed by atoms with Crippen LogP contribution in [-0.2, 0) is 14.3 Å². The first kappa shape index (κ1) is 18.3. The second-order valence-electron chi connectivity index (χ2n) is 5.92. The third-order valence-electron chi connectivity index (χ3n) is 4.04. The summed E-state index contributed by atoms with van der Waals surface area (Å²) in [4.78, 5) is 25.6. The monoisotopic (exact) mass is 334 g/mol. The Morgan fingerprint density at radius 2 is 1.92 bits per heavy atom. The highest BCUT2D eigenvalue weighted by Crippen LogP contribution is 2.13. The number of piperidine rings is 1. The van der Waals surface area contributed by atoms with Crippen LogP contribution in [0.1, 0.15) is 25.7 Å². The van der Waals surface area contributed by atoms with Crippen LogP contribution in [0.4, 0.5) is 0 Å². The van der Waals surface area contributed by atoms with Crippen molar-refractivity contribution in [3.05, 3.63) is 30.3 Å². The first-order chi connectivity index (χ1) is 11.7. The number of benzene rings is 1. The van der Waals surface area contributed by atoms with Crippen molar-refractivity contribution in [2.24, 2.45) is 0 Å². The van der Waals surface area contributed by atoms with Crippen LogP contribution >= 0.6 is 0 Å². The average Bonchev–Trinajstić information content (AvgIpc) is 2.60. The van der Waals surface area contributed by atoms with Gasteiger partial charge in [0, 0.05) is 32.7 Å². The van der Waals surface area contributed by atoms with Gasteiger partial charge in [-0.3, -0.25) is 9.59 Å². The summed E-state index contributed by atoms with van der Waals surface area (Å²) in [5.41, 5.74) is 0. The first-order valence-electron chi connectivity index (χ1n) is 8.43. The number of ether oxygens (including phenoxy) is 2. The van der Waals surface area contributed by atoms with Crippen LogP contribution < -0.4 is 10.1 Å². The molecule has 6 nitrogen and oxygen atoms in total. The Kier molecular flexibility index (Phi) is 7.55. The zero-order chi connectivity index (χ0) is 17.2. The summed E-state index contributed by atoms with van der Waals surface area (Å²) in [7, 11) is 1.50. The van der Waals surface area contributed by atoms with E-state index in [4.69, 9.17) is 9.47 Å². The smallest absolute Gasteiger partial charge is 0.246 e. The number of hydrogen-bond acceptors (Lipinski definition) is 4. The second-order valence-corrected chi connectivity index (χ2v) is 5.92. The number of carbonyl (C=O) groups is 2. The molecule has 0 atom stereocenters. The lowest BCUT2D eigenvalue weighted by Gasteiger charge is -2.32. The Labute approximate surface area is 143 Å². The van der Waals surface area contributed by atoms with Crippen molar-refractivity contribution in [3.8, 4) is 5.75 Å². The molecule has 1 fully saturated rings. The quantitative estimate of drug-likeness (QED) is 0.733. The van der Waals surface area contributed by atoms with Gasteiger partial charge in [0.1, 0.15) is 12.4 Å². The number of nitrogens with one attached hydrogen (secondary N) is 1. The normalized spacial score (nSPS) is 15.1. The molecular weight excluding hydrogens is 308 g/mol. The van der Waals surface area contributed by atoms with Crippen LogP contribution in [-0.4, -0.2) is 56.2 Å². The number of rotatable bonds is 8. The standard InChI is InChI=1S/C18H26N2O4/c1-23-14-17(21)19-15-9-11-20(12-10-15)18(22)8-5-13-24-16-6-3-2-4-7-16/h2-4,6-7,15H,5,8-14H2,1H3,(H,19,21). The van der Waals surface area contributed by atoms with Crippen molar-refractivity contribution in [2.75, 3.05) is 33.4 Å². The van der Waals surface area contributed by atoms with E-state index in [2.05, 4.69) is 5.32 Å². The Bertz CT molecular complexity index is 513.